The molecule has 4 nitrogen and oxygen atoms in total. The lowest BCUT2D eigenvalue weighted by molar-refractivity contribution is -0.118. The van der Waals surface area contributed by atoms with Crippen LogP contribution in [-0.2, 0) is 4.79 Å². The number of benzene rings is 3. The van der Waals surface area contributed by atoms with Gasteiger partial charge in [0.2, 0.25) is 0 Å². The zero-order valence-electron chi connectivity index (χ0n) is 15.0. The Hall–Kier alpha value is -2.79. The van der Waals surface area contributed by atoms with Crippen LogP contribution in [0.5, 0.6) is 11.5 Å². The lowest BCUT2D eigenvalue weighted by Gasteiger charge is -2.11. The number of fused-ring (bicyclic) bond motifs is 1. The molecule has 5 heteroatoms. The van der Waals surface area contributed by atoms with Crippen LogP contribution in [0.3, 0.4) is 0 Å². The number of anilines is 1. The molecule has 0 aliphatic rings. The van der Waals surface area contributed by atoms with Gasteiger partial charge in [-0.3, -0.25) is 4.79 Å². The number of rotatable bonds is 7. The molecule has 0 unspecified atom stereocenters. The molecule has 0 aliphatic heterocycles. The summed E-state index contributed by atoms with van der Waals surface area (Å²) in [5, 5.41) is 4.96. The van der Waals surface area contributed by atoms with E-state index in [0.717, 1.165) is 26.6 Å². The van der Waals surface area contributed by atoms with Gasteiger partial charge in [0.25, 0.3) is 5.91 Å². The van der Waals surface area contributed by atoms with Crippen LogP contribution >= 0.6 is 15.9 Å². The van der Waals surface area contributed by atoms with Crippen molar-refractivity contribution < 1.29 is 14.3 Å². The van der Waals surface area contributed by atoms with Gasteiger partial charge < -0.3 is 14.8 Å². The van der Waals surface area contributed by atoms with Crippen molar-refractivity contribution in [3.05, 3.63) is 77.3 Å². The summed E-state index contributed by atoms with van der Waals surface area (Å²) >= 11 is 3.55. The van der Waals surface area contributed by atoms with Crippen LogP contribution in [0, 0.1) is 0 Å². The third-order valence-corrected chi connectivity index (χ3v) is 4.63. The maximum Gasteiger partial charge on any atom is 0.262 e. The Bertz CT molecular complexity index is 967. The zero-order chi connectivity index (χ0) is 19.2. The monoisotopic (exact) mass is 425 g/mol. The predicted octanol–water partition coefficient (Wildman–Crippen LogP) is 5.57. The normalized spacial score (nSPS) is 10.4. The second-order valence-electron chi connectivity index (χ2n) is 6.21. The van der Waals surface area contributed by atoms with Crippen molar-refractivity contribution in [1.82, 2.24) is 0 Å². The van der Waals surface area contributed by atoms with Crippen LogP contribution in [0.25, 0.3) is 10.8 Å². The molecule has 0 saturated heterocycles. The number of carbonyl (C=O) groups is 1. The molecule has 3 aromatic carbocycles. The summed E-state index contributed by atoms with van der Waals surface area (Å²) in [5.74, 6) is 1.13. The molecule has 3 rings (SSSR count). The SMILES string of the molecule is C=C(C)COc1ccc(NC(=O)COc2ccc3ccccc3c2Br)cc1. The molecule has 0 spiro atoms. The first-order chi connectivity index (χ1) is 13.0. The average Bonchev–Trinajstić information content (AvgIpc) is 2.67. The molecular formula is C22H20BrNO3. The minimum atomic E-state index is -0.231. The maximum atomic E-state index is 12.2. The Morgan fingerprint density at radius 3 is 2.48 bits per heavy atom. The topological polar surface area (TPSA) is 47.6 Å². The highest BCUT2D eigenvalue weighted by Gasteiger charge is 2.09. The minimum Gasteiger partial charge on any atom is -0.489 e. The van der Waals surface area contributed by atoms with E-state index >= 15 is 0 Å². The summed E-state index contributed by atoms with van der Waals surface area (Å²) in [5.41, 5.74) is 1.63. The van der Waals surface area contributed by atoms with E-state index in [1.807, 2.05) is 43.3 Å². The summed E-state index contributed by atoms with van der Waals surface area (Å²) in [6.45, 7) is 6.10. The molecule has 0 fully saturated rings. The molecule has 0 bridgehead atoms. The number of hydrogen-bond acceptors (Lipinski definition) is 3. The van der Waals surface area contributed by atoms with Crippen LogP contribution in [0.4, 0.5) is 5.69 Å². The van der Waals surface area contributed by atoms with Crippen molar-refractivity contribution in [3.63, 3.8) is 0 Å². The third kappa shape index (κ3) is 5.11. The summed E-state index contributed by atoms with van der Waals surface area (Å²) < 4.78 is 12.1. The quantitative estimate of drug-likeness (QED) is 0.502. The number of amides is 1. The highest BCUT2D eigenvalue weighted by molar-refractivity contribution is 9.10. The first-order valence-electron chi connectivity index (χ1n) is 8.50. The molecule has 138 valence electrons. The van der Waals surface area contributed by atoms with Crippen LogP contribution in [0.1, 0.15) is 6.92 Å². The predicted molar refractivity (Wildman–Crippen MR) is 113 cm³/mol. The number of hydrogen-bond donors (Lipinski definition) is 1. The summed E-state index contributed by atoms with van der Waals surface area (Å²) in [6, 6.07) is 19.0. The van der Waals surface area contributed by atoms with E-state index in [1.54, 1.807) is 24.3 Å². The lowest BCUT2D eigenvalue weighted by Crippen LogP contribution is -2.20. The van der Waals surface area contributed by atoms with Crippen molar-refractivity contribution in [2.75, 3.05) is 18.5 Å². The van der Waals surface area contributed by atoms with Crippen molar-refractivity contribution >= 4 is 38.3 Å². The number of nitrogens with one attached hydrogen (secondary N) is 1. The van der Waals surface area contributed by atoms with Crippen molar-refractivity contribution in [2.45, 2.75) is 6.92 Å². The Labute approximate surface area is 166 Å². The van der Waals surface area contributed by atoms with E-state index in [0.29, 0.717) is 18.0 Å². The van der Waals surface area contributed by atoms with E-state index in [1.165, 1.54) is 0 Å². The fraction of sp³-hybridized carbons (Fsp3) is 0.136. The third-order valence-electron chi connectivity index (χ3n) is 3.81. The molecule has 27 heavy (non-hydrogen) atoms. The fourth-order valence-corrected chi connectivity index (χ4v) is 3.11. The molecule has 3 aromatic rings. The number of carbonyl (C=O) groups excluding carboxylic acids is 1. The molecule has 0 aromatic heterocycles. The molecule has 1 N–H and O–H groups in total. The lowest BCUT2D eigenvalue weighted by atomic mass is 10.1. The highest BCUT2D eigenvalue weighted by Crippen LogP contribution is 2.33. The van der Waals surface area contributed by atoms with Gasteiger partial charge in [-0.25, -0.2) is 0 Å². The van der Waals surface area contributed by atoms with Gasteiger partial charge in [0.05, 0.1) is 4.47 Å². The molecule has 0 radical (unpaired) electrons. The van der Waals surface area contributed by atoms with E-state index in [9.17, 15) is 4.79 Å². The number of halogens is 1. The van der Waals surface area contributed by atoms with Crippen LogP contribution in [0.2, 0.25) is 0 Å². The molecular weight excluding hydrogens is 406 g/mol. The molecule has 0 saturated carbocycles. The Kier molecular flexibility index (Phi) is 6.14. The van der Waals surface area contributed by atoms with Crippen molar-refractivity contribution in [3.8, 4) is 11.5 Å². The van der Waals surface area contributed by atoms with E-state index in [4.69, 9.17) is 9.47 Å². The maximum absolute atomic E-state index is 12.2. The van der Waals surface area contributed by atoms with Gasteiger partial charge in [0, 0.05) is 5.69 Å². The van der Waals surface area contributed by atoms with Gasteiger partial charge in [0.15, 0.2) is 6.61 Å². The molecule has 0 atom stereocenters. The minimum absolute atomic E-state index is 0.0785. The van der Waals surface area contributed by atoms with Crippen LogP contribution in [0.15, 0.2) is 77.3 Å². The Balaban J connectivity index is 1.57. The van der Waals surface area contributed by atoms with Gasteiger partial charge in [-0.15, -0.1) is 0 Å². The van der Waals surface area contributed by atoms with Crippen LogP contribution < -0.4 is 14.8 Å². The molecule has 0 aliphatic carbocycles. The number of ether oxygens (including phenoxy) is 2. The average molecular weight is 426 g/mol. The second kappa shape index (κ2) is 8.73. The zero-order valence-corrected chi connectivity index (χ0v) is 16.6. The van der Waals surface area contributed by atoms with Crippen molar-refractivity contribution in [1.29, 1.82) is 0 Å². The standard InChI is InChI=1S/C22H20BrNO3/c1-15(2)13-26-18-10-8-17(9-11-18)24-21(25)14-27-20-12-7-16-5-3-4-6-19(16)22(20)23/h3-12H,1,13-14H2,2H3,(H,24,25). The second-order valence-corrected chi connectivity index (χ2v) is 7.00. The van der Waals surface area contributed by atoms with Crippen molar-refractivity contribution in [2.24, 2.45) is 0 Å². The first-order valence-corrected chi connectivity index (χ1v) is 9.29. The van der Waals surface area contributed by atoms with Gasteiger partial charge in [-0.05, 0) is 69.5 Å². The van der Waals surface area contributed by atoms with E-state index in [2.05, 4.69) is 27.8 Å². The summed E-state index contributed by atoms with van der Waals surface area (Å²) in [7, 11) is 0. The van der Waals surface area contributed by atoms with E-state index < -0.39 is 0 Å². The fourth-order valence-electron chi connectivity index (χ4n) is 2.51. The Morgan fingerprint density at radius 2 is 1.74 bits per heavy atom. The van der Waals surface area contributed by atoms with Gasteiger partial charge in [0.1, 0.15) is 18.1 Å². The Morgan fingerprint density at radius 1 is 1.00 bits per heavy atom. The highest BCUT2D eigenvalue weighted by atomic mass is 79.9. The van der Waals surface area contributed by atoms with Crippen LogP contribution in [-0.4, -0.2) is 19.1 Å². The van der Waals surface area contributed by atoms with Gasteiger partial charge in [-0.2, -0.15) is 0 Å². The van der Waals surface area contributed by atoms with Gasteiger partial charge >= 0.3 is 0 Å². The van der Waals surface area contributed by atoms with Gasteiger partial charge in [-0.1, -0.05) is 36.9 Å². The summed E-state index contributed by atoms with van der Waals surface area (Å²) in [6.07, 6.45) is 0. The molecule has 0 heterocycles. The van der Waals surface area contributed by atoms with E-state index in [-0.39, 0.29) is 12.5 Å². The largest absolute Gasteiger partial charge is 0.489 e. The summed E-state index contributed by atoms with van der Waals surface area (Å²) in [4.78, 5) is 12.2. The molecule has 1 amide bonds. The first kappa shape index (κ1) is 19.0. The smallest absolute Gasteiger partial charge is 0.262 e.